The molecule has 20 rings (SSSR count). The summed E-state index contributed by atoms with van der Waals surface area (Å²) >= 11 is 12.9. The van der Waals surface area contributed by atoms with Gasteiger partial charge in [0, 0.05) is 129 Å². The van der Waals surface area contributed by atoms with E-state index in [-0.39, 0.29) is 67.9 Å². The topological polar surface area (TPSA) is 343 Å². The predicted molar refractivity (Wildman–Crippen MR) is 571 cm³/mol. The van der Waals surface area contributed by atoms with E-state index in [2.05, 4.69) is 41.2 Å². The zero-order chi connectivity index (χ0) is 101. The molecule has 4 aliphatic heterocycles. The van der Waals surface area contributed by atoms with E-state index >= 15 is 4.39 Å². The fourth-order valence-electron chi connectivity index (χ4n) is 18.0. The number of benzene rings is 10. The molecule has 0 atom stereocenters. The molecule has 4 saturated heterocycles. The van der Waals surface area contributed by atoms with Crippen molar-refractivity contribution in [3.05, 3.63) is 346 Å². The molecule has 4 aliphatic rings. The van der Waals surface area contributed by atoms with E-state index in [1.165, 1.54) is 41.5 Å². The van der Waals surface area contributed by atoms with Crippen LogP contribution in [-0.4, -0.2) is 136 Å². The van der Waals surface area contributed by atoms with Gasteiger partial charge in [0.05, 0.1) is 112 Å². The number of amides is 4. The fraction of sp³-hybridized carbons (Fsp3) is 0.218. The molecule has 0 unspecified atom stereocenters. The third kappa shape index (κ3) is 23.3. The zero-order valence-electron chi connectivity index (χ0n) is 79.2. The maximum Gasteiger partial charge on any atom is 0.258 e. The quantitative estimate of drug-likeness (QED) is 0.0698. The average molecular weight is 2050 g/mol. The first-order valence-electron chi connectivity index (χ1n) is 47.3. The highest BCUT2D eigenvalue weighted by Crippen LogP contribution is 2.39. The molecule has 10 heterocycles. The molecule has 144 heavy (non-hydrogen) atoms. The van der Waals surface area contributed by atoms with Crippen LogP contribution in [0.5, 0.6) is 0 Å². The molecule has 4 fully saturated rings. The van der Waals surface area contributed by atoms with Gasteiger partial charge in [-0.1, -0.05) is 116 Å². The van der Waals surface area contributed by atoms with Gasteiger partial charge in [0.1, 0.15) is 11.6 Å². The largest absolute Gasteiger partial charge is 0.322 e. The van der Waals surface area contributed by atoms with Crippen molar-refractivity contribution < 1.29 is 61.6 Å². The van der Waals surface area contributed by atoms with Crippen LogP contribution in [0.15, 0.2) is 280 Å². The van der Waals surface area contributed by atoms with E-state index in [0.29, 0.717) is 121 Å². The minimum Gasteiger partial charge on any atom is -0.322 e. The van der Waals surface area contributed by atoms with Crippen LogP contribution in [0, 0.1) is 39.3 Å². The van der Waals surface area contributed by atoms with E-state index in [1.54, 1.807) is 97.7 Å². The van der Waals surface area contributed by atoms with Gasteiger partial charge in [0.25, 0.3) is 23.6 Å². The van der Waals surface area contributed by atoms with Gasteiger partial charge in [-0.3, -0.25) is 56.3 Å². The number of fused-ring (bicyclic) bond motifs is 4. The molecule has 4 N–H and O–H groups in total. The van der Waals surface area contributed by atoms with E-state index in [4.69, 9.17) is 33.2 Å². The summed E-state index contributed by atoms with van der Waals surface area (Å²) in [4.78, 5) is 79.2. The molecular formula is C110H102Cl2F2N14O12S4. The Bertz CT molecular complexity index is 7680. The number of nitrogens with one attached hydrogen (secondary N) is 4. The van der Waals surface area contributed by atoms with Crippen molar-refractivity contribution in [2.24, 2.45) is 0 Å². The number of aryl methyl sites for hydroxylation is 4. The van der Waals surface area contributed by atoms with Gasteiger partial charge in [-0.05, 0) is 289 Å². The summed E-state index contributed by atoms with van der Waals surface area (Å²) in [6.45, 7) is 9.21. The highest BCUT2D eigenvalue weighted by Gasteiger charge is 2.32. The maximum atomic E-state index is 15.0. The number of halogens is 4. The van der Waals surface area contributed by atoms with Gasteiger partial charge >= 0.3 is 0 Å². The minimum atomic E-state index is -3.50. The minimum absolute atomic E-state index is 0.0373. The van der Waals surface area contributed by atoms with Gasteiger partial charge in [0.2, 0.25) is 40.1 Å². The lowest BCUT2D eigenvalue weighted by Crippen LogP contribution is -2.32. The highest BCUT2D eigenvalue weighted by atomic mass is 35.5. The second-order valence-corrected chi connectivity index (χ2v) is 44.5. The molecule has 0 radical (unpaired) electrons. The standard InChI is InChI=1S/C28H26ClN3O3S.C28H26FN3O3S.C27H25ClN4O3S.C27H25FN4O3S/c1-19-17-22(32-15-5-2-6-16-36(32,34)35)11-12-23(19)28(33)30-21-10-13-25(29)24(18-21)27-14-9-20-7-3-4-8-26(20)31-27;1-19-9-10-21(17-25(19)27-23-8-4-3-7-20(23)13-14-30-27)31-28(33)24-12-11-22(18-26(24)29)32-15-5-2-6-16-36(32,34)35;1-18-7-8-19(16-23(18)26-22-6-5-12-29-25(22)11-13-30-26)31-27(33)21-10-9-20(17-24(21)28)32-14-3-2-4-15-36(32,34)35;1-18-5-7-20(15-23(18)26-10-6-19-17-29-12-11-25(19)31-26)30-27(33)22-9-8-21(16-24(22)28)32-13-3-2-4-14-36(32,34)35/h3-4,7-14,17-18H,2,5-6,15-16H2,1H3,(H,30,33);3-4,7-14,17-18H,2,5-6,15-16H2,1H3,(H,31,33);5-13,16-17H,2-4,14-15H2,1H3,(H,31,33);5-12,15-17H,2-4,13-14H2,1H3,(H,30,33). The second kappa shape index (κ2) is 44.1. The number of carbonyl (C=O) groups is 4. The Kier molecular flexibility index (Phi) is 30.9. The van der Waals surface area contributed by atoms with Crippen molar-refractivity contribution in [1.82, 2.24) is 29.9 Å². The lowest BCUT2D eigenvalue weighted by atomic mass is 9.99. The van der Waals surface area contributed by atoms with Crippen LogP contribution in [0.4, 0.5) is 54.3 Å². The number of pyridine rings is 6. The van der Waals surface area contributed by atoms with Gasteiger partial charge in [-0.15, -0.1) is 0 Å². The molecule has 34 heteroatoms. The van der Waals surface area contributed by atoms with Gasteiger partial charge in [-0.2, -0.15) is 0 Å². The van der Waals surface area contributed by atoms with Gasteiger partial charge < -0.3 is 21.3 Å². The number of hydrogen-bond donors (Lipinski definition) is 4. The average Bonchev–Trinajstić information content (AvgIpc) is 0.926. The summed E-state index contributed by atoms with van der Waals surface area (Å²) in [5.74, 6) is -3.10. The summed E-state index contributed by atoms with van der Waals surface area (Å²) in [5, 5.41) is 17.0. The first-order chi connectivity index (χ1) is 69.3. The van der Waals surface area contributed by atoms with Crippen molar-refractivity contribution in [3.63, 3.8) is 0 Å². The van der Waals surface area contributed by atoms with E-state index in [0.717, 1.165) is 150 Å². The van der Waals surface area contributed by atoms with E-state index in [1.807, 2.05) is 173 Å². The van der Waals surface area contributed by atoms with E-state index < -0.39 is 63.5 Å². The molecule has 736 valence electrons. The van der Waals surface area contributed by atoms with Crippen LogP contribution in [-0.2, 0) is 40.1 Å². The summed E-state index contributed by atoms with van der Waals surface area (Å²) < 4.78 is 136. The smallest absolute Gasteiger partial charge is 0.258 e. The van der Waals surface area contributed by atoms with Crippen LogP contribution in [0.3, 0.4) is 0 Å². The number of sulfonamides is 4. The summed E-state index contributed by atoms with van der Waals surface area (Å²) in [6, 6.07) is 72.7. The number of nitrogens with zero attached hydrogens (tertiary/aromatic N) is 10. The van der Waals surface area contributed by atoms with Gasteiger partial charge in [0.15, 0.2) is 0 Å². The summed E-state index contributed by atoms with van der Waals surface area (Å²) in [6.07, 6.45) is 17.6. The monoisotopic (exact) mass is 2050 g/mol. The summed E-state index contributed by atoms with van der Waals surface area (Å²) in [7, 11) is -13.8. The van der Waals surface area contributed by atoms with Crippen molar-refractivity contribution in [2.75, 3.05) is 87.7 Å². The Morgan fingerprint density at radius 3 is 1.22 bits per heavy atom. The molecule has 0 bridgehead atoms. The van der Waals surface area contributed by atoms with Crippen molar-refractivity contribution in [1.29, 1.82) is 0 Å². The third-order valence-corrected chi connectivity index (χ3v) is 33.8. The van der Waals surface area contributed by atoms with Crippen molar-refractivity contribution in [2.45, 2.75) is 105 Å². The molecular weight excluding hydrogens is 1950 g/mol. The Labute approximate surface area is 844 Å². The number of hydrogen-bond acceptors (Lipinski definition) is 18. The molecule has 6 aromatic heterocycles. The fourth-order valence-corrected chi connectivity index (χ4v) is 25.0. The Hall–Kier alpha value is -14.5. The third-order valence-electron chi connectivity index (χ3n) is 25.7. The highest BCUT2D eigenvalue weighted by molar-refractivity contribution is 7.93. The Morgan fingerprint density at radius 1 is 0.306 bits per heavy atom. The number of anilines is 8. The van der Waals surface area contributed by atoms with Crippen LogP contribution in [0.25, 0.3) is 88.5 Å². The molecule has 4 amide bonds. The lowest BCUT2D eigenvalue weighted by Gasteiger charge is -2.23. The molecule has 10 aromatic carbocycles. The predicted octanol–water partition coefficient (Wildman–Crippen LogP) is 23.5. The number of rotatable bonds is 16. The SMILES string of the molecule is Cc1cc(N2CCCCCS2(=O)=O)ccc1C(=O)Nc1ccc(Cl)c(-c2ccc3ccccc3n2)c1.Cc1ccc(NC(=O)c2ccc(N3CCCCCS3(=O)=O)cc2Cl)cc1-c1nccc2ncccc12.Cc1ccc(NC(=O)c2ccc(N3CCCCCS3(=O)=O)cc2F)cc1-c1ccc2cnccc2n1.Cc1ccc(NC(=O)c2ccc(N3CCCCCS3(=O)=O)cc2F)cc1-c1nccc2ccccc12. The Morgan fingerprint density at radius 2 is 0.701 bits per heavy atom. The zero-order valence-corrected chi connectivity index (χ0v) is 84.0. The molecule has 0 spiro atoms. The Balaban J connectivity index is 0.000000132. The number of para-hydroxylation sites is 1. The van der Waals surface area contributed by atoms with Crippen LogP contribution < -0.4 is 38.5 Å². The molecule has 0 saturated carbocycles. The normalized spacial score (nSPS) is 15.4. The first-order valence-corrected chi connectivity index (χ1v) is 54.5. The molecule has 26 nitrogen and oxygen atoms in total. The van der Waals surface area contributed by atoms with Gasteiger partial charge in [-0.25, -0.2) is 52.4 Å². The molecule has 16 aromatic rings. The van der Waals surface area contributed by atoms with E-state index in [9.17, 15) is 57.2 Å². The van der Waals surface area contributed by atoms with Crippen LogP contribution in [0.2, 0.25) is 10.0 Å². The van der Waals surface area contributed by atoms with Crippen LogP contribution in [0.1, 0.15) is 141 Å². The first kappa shape index (κ1) is 101. The number of carbonyl (C=O) groups excluding carboxylic acids is 4. The van der Waals surface area contributed by atoms with Crippen LogP contribution >= 0.6 is 23.2 Å². The van der Waals surface area contributed by atoms with Crippen molar-refractivity contribution >= 4 is 176 Å². The molecule has 0 aliphatic carbocycles. The number of aromatic nitrogens is 6. The second-order valence-electron chi connectivity index (χ2n) is 35.7. The summed E-state index contributed by atoms with van der Waals surface area (Å²) in [5.41, 5.74) is 16.7. The van der Waals surface area contributed by atoms with Crippen molar-refractivity contribution in [3.8, 4) is 45.0 Å². The lowest BCUT2D eigenvalue weighted by molar-refractivity contribution is 0.101. The maximum absolute atomic E-state index is 15.0.